The Labute approximate surface area is 149 Å². The number of nitrogens with one attached hydrogen (secondary N) is 1. The van der Waals surface area contributed by atoms with Gasteiger partial charge in [0.1, 0.15) is 5.69 Å². The van der Waals surface area contributed by atoms with Crippen LogP contribution in [-0.2, 0) is 12.4 Å². The van der Waals surface area contributed by atoms with Gasteiger partial charge in [0.25, 0.3) is 0 Å². The molecule has 2 N–H and O–H groups in total. The number of nitro benzene ring substituents is 1. The molecule has 3 aromatic rings. The molecule has 28 heavy (non-hydrogen) atoms. The van der Waals surface area contributed by atoms with Gasteiger partial charge in [-0.25, -0.2) is 4.79 Å². The first kappa shape index (κ1) is 19.3. The van der Waals surface area contributed by atoms with Gasteiger partial charge in [-0.2, -0.15) is 26.3 Å². The van der Waals surface area contributed by atoms with Crippen LogP contribution in [0.25, 0.3) is 16.7 Å². The van der Waals surface area contributed by atoms with Crippen LogP contribution in [0.4, 0.5) is 32.0 Å². The summed E-state index contributed by atoms with van der Waals surface area (Å²) in [5.41, 5.74) is -6.79. The Morgan fingerprint density at radius 2 is 1.61 bits per heavy atom. The highest BCUT2D eigenvalue weighted by molar-refractivity contribution is 5.79. The van der Waals surface area contributed by atoms with E-state index in [9.17, 15) is 46.4 Å². The Hall–Kier alpha value is -3.51. The summed E-state index contributed by atoms with van der Waals surface area (Å²) < 4.78 is 78.0. The summed E-state index contributed by atoms with van der Waals surface area (Å²) in [7, 11) is 0. The van der Waals surface area contributed by atoms with Crippen LogP contribution in [-0.4, -0.2) is 19.6 Å². The summed E-state index contributed by atoms with van der Waals surface area (Å²) in [5.74, 6) is -1.25. The Morgan fingerprint density at radius 1 is 1.00 bits per heavy atom. The number of hydrogen-bond acceptors (Lipinski definition) is 4. The first-order valence-corrected chi connectivity index (χ1v) is 7.21. The van der Waals surface area contributed by atoms with Crippen LogP contribution in [0.3, 0.4) is 0 Å². The monoisotopic (exact) mass is 407 g/mol. The van der Waals surface area contributed by atoms with Gasteiger partial charge in [-0.1, -0.05) is 0 Å². The topological polar surface area (TPSA) is 101 Å². The first-order valence-electron chi connectivity index (χ1n) is 7.21. The van der Waals surface area contributed by atoms with Gasteiger partial charge in [-0.05, 0) is 24.3 Å². The summed E-state index contributed by atoms with van der Waals surface area (Å²) in [6.07, 6.45) is -9.79. The zero-order valence-corrected chi connectivity index (χ0v) is 13.2. The van der Waals surface area contributed by atoms with E-state index < -0.39 is 51.2 Å². The van der Waals surface area contributed by atoms with Crippen molar-refractivity contribution in [2.45, 2.75) is 12.4 Å². The number of aromatic nitrogens is 2. The molecule has 0 aliphatic heterocycles. The molecule has 13 heteroatoms. The number of alkyl halides is 6. The number of fused-ring (bicyclic) bond motifs is 1. The number of nitrogens with zero attached hydrogens (tertiary/aromatic N) is 2. The molecule has 0 bridgehead atoms. The van der Waals surface area contributed by atoms with Crippen molar-refractivity contribution in [1.29, 1.82) is 0 Å². The van der Waals surface area contributed by atoms with Crippen LogP contribution in [0.2, 0.25) is 0 Å². The SMILES string of the molecule is O=c1[nH]c2cc(C(F)(F)F)ccc2n1-c1cc(C(F)(F)F)cc([N+](=O)[O-])c1O. The van der Waals surface area contributed by atoms with Crippen LogP contribution in [0.1, 0.15) is 11.1 Å². The molecule has 3 rings (SSSR count). The van der Waals surface area contributed by atoms with Gasteiger partial charge in [-0.3, -0.25) is 14.7 Å². The lowest BCUT2D eigenvalue weighted by molar-refractivity contribution is -0.386. The number of imidazole rings is 1. The van der Waals surface area contributed by atoms with Crippen LogP contribution in [0, 0.1) is 10.1 Å². The maximum Gasteiger partial charge on any atom is 0.416 e. The molecule has 2 aromatic carbocycles. The van der Waals surface area contributed by atoms with E-state index in [4.69, 9.17) is 0 Å². The second kappa shape index (κ2) is 6.00. The van der Waals surface area contributed by atoms with E-state index in [1.807, 2.05) is 4.98 Å². The first-order chi connectivity index (χ1) is 12.8. The molecule has 0 atom stereocenters. The van der Waals surface area contributed by atoms with E-state index in [2.05, 4.69) is 0 Å². The third-order valence-electron chi connectivity index (χ3n) is 3.84. The number of phenols is 1. The average Bonchev–Trinajstić information content (AvgIpc) is 2.87. The molecule has 0 radical (unpaired) electrons. The quantitative estimate of drug-likeness (QED) is 0.381. The number of benzene rings is 2. The van der Waals surface area contributed by atoms with Gasteiger partial charge in [0.15, 0.2) is 0 Å². The fourth-order valence-electron chi connectivity index (χ4n) is 2.60. The molecule has 0 unspecified atom stereocenters. The summed E-state index contributed by atoms with van der Waals surface area (Å²) in [4.78, 5) is 23.9. The van der Waals surface area contributed by atoms with E-state index in [0.29, 0.717) is 16.7 Å². The number of aromatic amines is 1. The van der Waals surface area contributed by atoms with E-state index in [-0.39, 0.29) is 23.2 Å². The van der Waals surface area contributed by atoms with E-state index >= 15 is 0 Å². The van der Waals surface area contributed by atoms with E-state index in [1.54, 1.807) is 0 Å². The molecule has 0 spiro atoms. The Morgan fingerprint density at radius 3 is 2.14 bits per heavy atom. The molecule has 0 fully saturated rings. The summed E-state index contributed by atoms with van der Waals surface area (Å²) >= 11 is 0. The van der Waals surface area contributed by atoms with Gasteiger partial charge in [-0.15, -0.1) is 0 Å². The van der Waals surface area contributed by atoms with Crippen LogP contribution >= 0.6 is 0 Å². The summed E-state index contributed by atoms with van der Waals surface area (Å²) in [6, 6.07) is 2.29. The number of phenolic OH excluding ortho intramolecular Hbond substituents is 1. The number of rotatable bonds is 2. The van der Waals surface area contributed by atoms with Gasteiger partial charge in [0.2, 0.25) is 5.75 Å². The number of aromatic hydroxyl groups is 1. The number of H-pyrrole nitrogens is 1. The van der Waals surface area contributed by atoms with Crippen molar-refractivity contribution in [2.24, 2.45) is 0 Å². The van der Waals surface area contributed by atoms with Crippen molar-refractivity contribution in [2.75, 3.05) is 0 Å². The molecule has 148 valence electrons. The Kier molecular flexibility index (Phi) is 4.13. The lowest BCUT2D eigenvalue weighted by atomic mass is 10.1. The zero-order chi connectivity index (χ0) is 21.0. The second-order valence-corrected chi connectivity index (χ2v) is 5.61. The third kappa shape index (κ3) is 3.14. The molecule has 1 aromatic heterocycles. The Balaban J connectivity index is 2.36. The maximum atomic E-state index is 13.1. The Bertz CT molecular complexity index is 1160. The largest absolute Gasteiger partial charge is 0.501 e. The highest BCUT2D eigenvalue weighted by Gasteiger charge is 2.36. The van der Waals surface area contributed by atoms with Gasteiger partial charge in [0, 0.05) is 6.07 Å². The number of halogens is 6. The minimum absolute atomic E-state index is 0.0838. The van der Waals surface area contributed by atoms with E-state index in [1.165, 1.54) is 0 Å². The molecule has 1 heterocycles. The molecule has 0 aliphatic carbocycles. The van der Waals surface area contributed by atoms with Crippen molar-refractivity contribution >= 4 is 16.7 Å². The highest BCUT2D eigenvalue weighted by Crippen LogP contribution is 2.40. The second-order valence-electron chi connectivity index (χ2n) is 5.61. The molecular formula is C15H7F6N3O4. The smallest absolute Gasteiger partial charge is 0.416 e. The standard InChI is InChI=1S/C15H7F6N3O4/c16-14(17,18)6-1-2-9-8(3-6)22-13(26)23(9)10-4-7(15(19,20)21)5-11(12(10)25)24(27)28/h1-5,25H,(H,22,26). The molecule has 0 saturated carbocycles. The van der Waals surface area contributed by atoms with Crippen molar-refractivity contribution in [3.05, 3.63) is 62.1 Å². The predicted octanol–water partition coefficient (Wildman–Crippen LogP) is 3.97. The van der Waals surface area contributed by atoms with Crippen molar-refractivity contribution in [3.63, 3.8) is 0 Å². The average molecular weight is 407 g/mol. The van der Waals surface area contributed by atoms with Crippen LogP contribution in [0.15, 0.2) is 35.1 Å². The van der Waals surface area contributed by atoms with Gasteiger partial charge >= 0.3 is 23.7 Å². The minimum atomic E-state index is -5.05. The fraction of sp³-hybridized carbons (Fsp3) is 0.133. The highest BCUT2D eigenvalue weighted by atomic mass is 19.4. The minimum Gasteiger partial charge on any atom is -0.501 e. The lowest BCUT2D eigenvalue weighted by Gasteiger charge is -2.12. The van der Waals surface area contributed by atoms with Crippen LogP contribution in [0.5, 0.6) is 5.75 Å². The van der Waals surface area contributed by atoms with Crippen molar-refractivity contribution in [1.82, 2.24) is 9.55 Å². The summed E-state index contributed by atoms with van der Waals surface area (Å²) in [5, 5.41) is 21.0. The van der Waals surface area contributed by atoms with Gasteiger partial charge in [0.05, 0.1) is 27.1 Å². The lowest BCUT2D eigenvalue weighted by Crippen LogP contribution is -2.16. The molecule has 0 aliphatic rings. The maximum absolute atomic E-state index is 13.1. The third-order valence-corrected chi connectivity index (χ3v) is 3.84. The van der Waals surface area contributed by atoms with Crippen LogP contribution < -0.4 is 5.69 Å². The summed E-state index contributed by atoms with van der Waals surface area (Å²) in [6.45, 7) is 0. The molecular weight excluding hydrogens is 400 g/mol. The predicted molar refractivity (Wildman–Crippen MR) is 82.2 cm³/mol. The van der Waals surface area contributed by atoms with E-state index in [0.717, 1.165) is 6.07 Å². The zero-order valence-electron chi connectivity index (χ0n) is 13.2. The number of nitro groups is 1. The fourth-order valence-corrected chi connectivity index (χ4v) is 2.60. The molecule has 7 nitrogen and oxygen atoms in total. The molecule has 0 saturated heterocycles. The van der Waals surface area contributed by atoms with Crippen molar-refractivity contribution < 1.29 is 36.4 Å². The van der Waals surface area contributed by atoms with Crippen molar-refractivity contribution in [3.8, 4) is 11.4 Å². The normalized spacial score (nSPS) is 12.5. The number of hydrogen-bond donors (Lipinski definition) is 2. The van der Waals surface area contributed by atoms with Gasteiger partial charge < -0.3 is 10.1 Å². The molecule has 0 amide bonds.